The van der Waals surface area contributed by atoms with E-state index in [1.165, 1.54) is 11.3 Å². The lowest BCUT2D eigenvalue weighted by atomic mass is 10.0. The molecule has 1 aromatic heterocycles. The van der Waals surface area contributed by atoms with Gasteiger partial charge in [-0.2, -0.15) is 13.2 Å². The lowest BCUT2D eigenvalue weighted by molar-refractivity contribution is -0.126. The molecule has 0 spiro atoms. The predicted octanol–water partition coefficient (Wildman–Crippen LogP) is 5.16. The van der Waals surface area contributed by atoms with Crippen LogP contribution in [0, 0.1) is 0 Å². The van der Waals surface area contributed by atoms with E-state index < -0.39 is 12.6 Å². The Labute approximate surface area is 106 Å². The van der Waals surface area contributed by atoms with E-state index >= 15 is 0 Å². The van der Waals surface area contributed by atoms with Gasteiger partial charge >= 0.3 is 6.18 Å². The Morgan fingerprint density at radius 2 is 1.61 bits per heavy atom. The maximum Gasteiger partial charge on any atom is 0.393 e. The number of halogens is 3. The van der Waals surface area contributed by atoms with E-state index in [0.29, 0.717) is 5.56 Å². The van der Waals surface area contributed by atoms with E-state index in [1.54, 1.807) is 12.1 Å². The number of thiophene rings is 1. The fourth-order valence-electron chi connectivity index (χ4n) is 2.21. The van der Waals surface area contributed by atoms with E-state index in [1.807, 2.05) is 30.3 Å². The SMILES string of the molecule is FC(F)(F)Cc1cccc2sc3ccccc3c12. The first-order valence-corrected chi connectivity index (χ1v) is 6.32. The molecule has 0 N–H and O–H groups in total. The molecule has 92 valence electrons. The lowest BCUT2D eigenvalue weighted by Gasteiger charge is -2.07. The molecule has 0 aliphatic heterocycles. The molecule has 0 radical (unpaired) electrons. The van der Waals surface area contributed by atoms with Crippen LogP contribution < -0.4 is 0 Å². The fourth-order valence-corrected chi connectivity index (χ4v) is 3.36. The second kappa shape index (κ2) is 3.99. The molecule has 18 heavy (non-hydrogen) atoms. The van der Waals surface area contributed by atoms with Crippen LogP contribution >= 0.6 is 11.3 Å². The Bertz CT molecular complexity index is 710. The summed E-state index contributed by atoms with van der Waals surface area (Å²) < 4.78 is 39.7. The van der Waals surface area contributed by atoms with Crippen molar-refractivity contribution in [1.29, 1.82) is 0 Å². The highest BCUT2D eigenvalue weighted by atomic mass is 32.1. The largest absolute Gasteiger partial charge is 0.393 e. The third kappa shape index (κ3) is 1.97. The average molecular weight is 266 g/mol. The Kier molecular flexibility index (Phi) is 2.55. The molecule has 3 rings (SSSR count). The van der Waals surface area contributed by atoms with Crippen molar-refractivity contribution in [2.24, 2.45) is 0 Å². The van der Waals surface area contributed by atoms with Crippen LogP contribution in [0.15, 0.2) is 42.5 Å². The van der Waals surface area contributed by atoms with Gasteiger partial charge in [-0.3, -0.25) is 0 Å². The Morgan fingerprint density at radius 3 is 2.39 bits per heavy atom. The monoisotopic (exact) mass is 266 g/mol. The smallest absolute Gasteiger partial charge is 0.171 e. The number of rotatable bonds is 1. The minimum atomic E-state index is -4.17. The van der Waals surface area contributed by atoms with Crippen molar-refractivity contribution in [2.45, 2.75) is 12.6 Å². The van der Waals surface area contributed by atoms with Crippen molar-refractivity contribution in [1.82, 2.24) is 0 Å². The first kappa shape index (κ1) is 11.5. The molecule has 4 heteroatoms. The van der Waals surface area contributed by atoms with Gasteiger partial charge in [-0.1, -0.05) is 30.3 Å². The van der Waals surface area contributed by atoms with Crippen LogP contribution in [0.1, 0.15) is 5.56 Å². The van der Waals surface area contributed by atoms with E-state index in [2.05, 4.69) is 0 Å². The molecule has 0 saturated heterocycles. The fraction of sp³-hybridized carbons (Fsp3) is 0.143. The molecular formula is C14H9F3S. The molecule has 0 aliphatic rings. The quantitative estimate of drug-likeness (QED) is 0.570. The lowest BCUT2D eigenvalue weighted by Crippen LogP contribution is -2.11. The van der Waals surface area contributed by atoms with Crippen molar-refractivity contribution in [3.8, 4) is 0 Å². The van der Waals surface area contributed by atoms with Gasteiger partial charge in [0.1, 0.15) is 0 Å². The second-order valence-electron chi connectivity index (χ2n) is 4.18. The Balaban J connectivity index is 2.31. The summed E-state index contributed by atoms with van der Waals surface area (Å²) in [5.41, 5.74) is 0.359. The summed E-state index contributed by atoms with van der Waals surface area (Å²) in [4.78, 5) is 0. The molecule has 3 aromatic rings. The van der Waals surface area contributed by atoms with Crippen molar-refractivity contribution in [3.05, 3.63) is 48.0 Å². The second-order valence-corrected chi connectivity index (χ2v) is 5.26. The minimum Gasteiger partial charge on any atom is -0.171 e. The Morgan fingerprint density at radius 1 is 0.889 bits per heavy atom. The van der Waals surface area contributed by atoms with Crippen LogP contribution in [-0.2, 0) is 6.42 Å². The van der Waals surface area contributed by atoms with Crippen LogP contribution in [0.25, 0.3) is 20.2 Å². The first-order chi connectivity index (χ1) is 8.54. The predicted molar refractivity (Wildman–Crippen MR) is 69.1 cm³/mol. The highest BCUT2D eigenvalue weighted by Gasteiger charge is 2.28. The molecule has 0 nitrogen and oxygen atoms in total. The maximum absolute atomic E-state index is 12.6. The van der Waals surface area contributed by atoms with Gasteiger partial charge in [-0.25, -0.2) is 0 Å². The zero-order valence-electron chi connectivity index (χ0n) is 9.29. The van der Waals surface area contributed by atoms with Crippen LogP contribution in [0.5, 0.6) is 0 Å². The number of hydrogen-bond acceptors (Lipinski definition) is 1. The highest BCUT2D eigenvalue weighted by Crippen LogP contribution is 2.37. The maximum atomic E-state index is 12.6. The summed E-state index contributed by atoms with van der Waals surface area (Å²) in [6.07, 6.45) is -5.04. The summed E-state index contributed by atoms with van der Waals surface area (Å²) in [6, 6.07) is 12.7. The molecule has 2 aromatic carbocycles. The summed E-state index contributed by atoms with van der Waals surface area (Å²) in [6.45, 7) is 0. The van der Waals surface area contributed by atoms with Gasteiger partial charge in [0.2, 0.25) is 0 Å². The molecule has 0 amide bonds. The summed E-state index contributed by atoms with van der Waals surface area (Å²) >= 11 is 1.53. The van der Waals surface area contributed by atoms with Gasteiger partial charge in [-0.15, -0.1) is 11.3 Å². The van der Waals surface area contributed by atoms with E-state index in [4.69, 9.17) is 0 Å². The van der Waals surface area contributed by atoms with Gasteiger partial charge in [0, 0.05) is 20.2 Å². The topological polar surface area (TPSA) is 0 Å². The third-order valence-electron chi connectivity index (χ3n) is 2.88. The molecule has 0 aliphatic carbocycles. The van der Waals surface area contributed by atoms with Gasteiger partial charge in [0.05, 0.1) is 6.42 Å². The van der Waals surface area contributed by atoms with Crippen molar-refractivity contribution in [2.75, 3.05) is 0 Å². The van der Waals surface area contributed by atoms with E-state index in [0.717, 1.165) is 20.2 Å². The van der Waals surface area contributed by atoms with Crippen LogP contribution in [0.4, 0.5) is 13.2 Å². The zero-order valence-corrected chi connectivity index (χ0v) is 10.1. The highest BCUT2D eigenvalue weighted by molar-refractivity contribution is 7.25. The molecule has 0 unspecified atom stereocenters. The average Bonchev–Trinajstić information content (AvgIpc) is 2.66. The molecular weight excluding hydrogens is 257 g/mol. The summed E-state index contributed by atoms with van der Waals surface area (Å²) in [5, 5.41) is 1.66. The van der Waals surface area contributed by atoms with E-state index in [-0.39, 0.29) is 0 Å². The van der Waals surface area contributed by atoms with Gasteiger partial charge in [-0.05, 0) is 17.7 Å². The number of fused-ring (bicyclic) bond motifs is 3. The van der Waals surface area contributed by atoms with Crippen molar-refractivity contribution in [3.63, 3.8) is 0 Å². The van der Waals surface area contributed by atoms with Crippen molar-refractivity contribution < 1.29 is 13.2 Å². The molecule has 0 saturated carbocycles. The number of alkyl halides is 3. The standard InChI is InChI=1S/C14H9F3S/c15-14(16,17)8-9-4-3-7-12-13(9)10-5-1-2-6-11(10)18-12/h1-7H,8H2. The van der Waals surface area contributed by atoms with Gasteiger partial charge < -0.3 is 0 Å². The van der Waals surface area contributed by atoms with Gasteiger partial charge in [0.15, 0.2) is 0 Å². The molecule has 0 fully saturated rings. The summed E-state index contributed by atoms with van der Waals surface area (Å²) in [7, 11) is 0. The van der Waals surface area contributed by atoms with E-state index in [9.17, 15) is 13.2 Å². The zero-order chi connectivity index (χ0) is 12.8. The number of hydrogen-bond donors (Lipinski definition) is 0. The van der Waals surface area contributed by atoms with Crippen LogP contribution in [0.3, 0.4) is 0 Å². The molecule has 1 heterocycles. The molecule has 0 atom stereocenters. The van der Waals surface area contributed by atoms with Gasteiger partial charge in [0.25, 0.3) is 0 Å². The minimum absolute atomic E-state index is 0.359. The van der Waals surface area contributed by atoms with Crippen LogP contribution in [-0.4, -0.2) is 6.18 Å². The van der Waals surface area contributed by atoms with Crippen molar-refractivity contribution >= 4 is 31.5 Å². The normalized spacial score (nSPS) is 12.4. The molecule has 0 bridgehead atoms. The summed E-state index contributed by atoms with van der Waals surface area (Å²) in [5.74, 6) is 0. The van der Waals surface area contributed by atoms with Crippen LogP contribution in [0.2, 0.25) is 0 Å². The Hall–Kier alpha value is -1.55. The first-order valence-electron chi connectivity index (χ1n) is 5.50. The number of benzene rings is 2. The third-order valence-corrected chi connectivity index (χ3v) is 4.02.